The molecule has 0 saturated carbocycles. The summed E-state index contributed by atoms with van der Waals surface area (Å²) in [7, 11) is 0. The summed E-state index contributed by atoms with van der Waals surface area (Å²) in [6, 6.07) is 2.03. The lowest BCUT2D eigenvalue weighted by Crippen LogP contribution is -1.85. The second kappa shape index (κ2) is 3.89. The highest BCUT2D eigenvalue weighted by Gasteiger charge is 2.15. The molecule has 0 aliphatic heterocycles. The van der Waals surface area contributed by atoms with Crippen LogP contribution in [-0.4, -0.2) is 0 Å². The summed E-state index contributed by atoms with van der Waals surface area (Å²) in [5.41, 5.74) is 2.36. The van der Waals surface area contributed by atoms with Crippen LogP contribution in [0.4, 0.5) is 0 Å². The smallest absolute Gasteiger partial charge is 0.110 e. The molecule has 1 rings (SSSR count). The van der Waals surface area contributed by atoms with Gasteiger partial charge in [0, 0.05) is 11.1 Å². The Morgan fingerprint density at radius 3 is 2.21 bits per heavy atom. The van der Waals surface area contributed by atoms with Crippen molar-refractivity contribution in [3.8, 4) is 6.07 Å². The highest BCUT2D eigenvalue weighted by Crippen LogP contribution is 2.32. The number of hydrogen-bond donors (Lipinski definition) is 0. The molecule has 0 aromatic carbocycles. The Bertz CT molecular complexity index is 435. The minimum atomic E-state index is 0.486. The summed E-state index contributed by atoms with van der Waals surface area (Å²) < 4.78 is 5.43. The minimum absolute atomic E-state index is 0.486. The van der Waals surface area contributed by atoms with E-state index in [4.69, 9.17) is 21.3 Å². The Morgan fingerprint density at radius 2 is 1.86 bits per heavy atom. The Balaban J connectivity index is 3.42. The van der Waals surface area contributed by atoms with E-state index in [0.29, 0.717) is 10.6 Å². The lowest BCUT2D eigenvalue weighted by Gasteiger charge is -1.99. The van der Waals surface area contributed by atoms with Gasteiger partial charge in [0.25, 0.3) is 0 Å². The SMILES string of the molecule is CC(C#N)=C(Cl)c1c(C)oc(C)c1C. The number of hydrogen-bond acceptors (Lipinski definition) is 2. The second-order valence-corrected chi connectivity index (χ2v) is 3.64. The van der Waals surface area contributed by atoms with E-state index in [2.05, 4.69) is 0 Å². The van der Waals surface area contributed by atoms with Crippen molar-refractivity contribution in [1.82, 2.24) is 0 Å². The van der Waals surface area contributed by atoms with Crippen LogP contribution in [0.15, 0.2) is 9.99 Å². The predicted molar refractivity (Wildman–Crippen MR) is 57.0 cm³/mol. The fourth-order valence-corrected chi connectivity index (χ4v) is 1.67. The summed E-state index contributed by atoms with van der Waals surface area (Å²) in [4.78, 5) is 0. The predicted octanol–water partition coefficient (Wildman–Crippen LogP) is 3.70. The van der Waals surface area contributed by atoms with Gasteiger partial charge in [-0.25, -0.2) is 0 Å². The lowest BCUT2D eigenvalue weighted by atomic mass is 10.1. The maximum absolute atomic E-state index is 8.73. The molecule has 2 nitrogen and oxygen atoms in total. The van der Waals surface area contributed by atoms with Crippen LogP contribution < -0.4 is 0 Å². The van der Waals surface area contributed by atoms with Crippen molar-refractivity contribution < 1.29 is 4.42 Å². The highest BCUT2D eigenvalue weighted by molar-refractivity contribution is 6.49. The number of furan rings is 1. The summed E-state index contributed by atoms with van der Waals surface area (Å²) in [5.74, 6) is 1.61. The largest absolute Gasteiger partial charge is 0.466 e. The Hall–Kier alpha value is -1.20. The van der Waals surface area contributed by atoms with E-state index in [1.807, 2.05) is 26.8 Å². The van der Waals surface area contributed by atoms with Crippen LogP contribution in [0, 0.1) is 32.1 Å². The van der Waals surface area contributed by atoms with Crippen LogP contribution in [0.5, 0.6) is 0 Å². The van der Waals surface area contributed by atoms with Gasteiger partial charge in [-0.2, -0.15) is 5.26 Å². The van der Waals surface area contributed by atoms with E-state index < -0.39 is 0 Å². The van der Waals surface area contributed by atoms with Gasteiger partial charge >= 0.3 is 0 Å². The molecule has 3 heteroatoms. The van der Waals surface area contributed by atoms with Gasteiger partial charge in [0.1, 0.15) is 11.5 Å². The van der Waals surface area contributed by atoms with Crippen molar-refractivity contribution in [3.05, 3.63) is 28.2 Å². The molecule has 0 spiro atoms. The standard InChI is InChI=1S/C11H12ClNO/c1-6(5-13)11(12)10-7(2)8(3)14-9(10)4/h1-4H3. The van der Waals surface area contributed by atoms with Crippen molar-refractivity contribution in [2.45, 2.75) is 27.7 Å². The van der Waals surface area contributed by atoms with Crippen molar-refractivity contribution in [2.24, 2.45) is 0 Å². The van der Waals surface area contributed by atoms with E-state index in [-0.39, 0.29) is 0 Å². The second-order valence-electron chi connectivity index (χ2n) is 3.27. The molecule has 0 unspecified atom stereocenters. The van der Waals surface area contributed by atoms with Crippen LogP contribution in [0.3, 0.4) is 0 Å². The Kier molecular flexibility index (Phi) is 3.03. The van der Waals surface area contributed by atoms with Crippen LogP contribution >= 0.6 is 11.6 Å². The summed E-state index contributed by atoms with van der Waals surface area (Å²) in [6.45, 7) is 7.37. The van der Waals surface area contributed by atoms with Crippen molar-refractivity contribution in [2.75, 3.05) is 0 Å². The zero-order valence-corrected chi connectivity index (χ0v) is 9.49. The maximum Gasteiger partial charge on any atom is 0.110 e. The topological polar surface area (TPSA) is 36.9 Å². The summed E-state index contributed by atoms with van der Waals surface area (Å²) >= 11 is 6.08. The van der Waals surface area contributed by atoms with Crippen LogP contribution in [-0.2, 0) is 0 Å². The first-order valence-electron chi connectivity index (χ1n) is 4.32. The fraction of sp³-hybridized carbons (Fsp3) is 0.364. The maximum atomic E-state index is 8.73. The molecule has 1 aromatic rings. The first-order chi connectivity index (χ1) is 6.49. The number of allylic oxidation sites excluding steroid dienone is 1. The van der Waals surface area contributed by atoms with E-state index in [1.54, 1.807) is 6.92 Å². The molecule has 0 atom stereocenters. The third kappa shape index (κ3) is 1.69. The monoisotopic (exact) mass is 209 g/mol. The minimum Gasteiger partial charge on any atom is -0.466 e. The van der Waals surface area contributed by atoms with Crippen molar-refractivity contribution in [1.29, 1.82) is 5.26 Å². The number of nitriles is 1. The van der Waals surface area contributed by atoms with E-state index in [9.17, 15) is 0 Å². The molecule has 1 heterocycles. The van der Waals surface area contributed by atoms with E-state index in [1.165, 1.54) is 0 Å². The normalized spacial score (nSPS) is 12.3. The molecule has 0 bridgehead atoms. The van der Waals surface area contributed by atoms with Crippen LogP contribution in [0.2, 0.25) is 0 Å². The van der Waals surface area contributed by atoms with Crippen molar-refractivity contribution in [3.63, 3.8) is 0 Å². The average molecular weight is 210 g/mol. The fourth-order valence-electron chi connectivity index (χ4n) is 1.35. The molecule has 0 aliphatic carbocycles. The number of aryl methyl sites for hydroxylation is 2. The Labute approximate surface area is 88.8 Å². The van der Waals surface area contributed by atoms with Gasteiger partial charge < -0.3 is 4.42 Å². The van der Waals surface area contributed by atoms with Gasteiger partial charge in [0.2, 0.25) is 0 Å². The number of halogens is 1. The Morgan fingerprint density at radius 1 is 1.29 bits per heavy atom. The van der Waals surface area contributed by atoms with E-state index in [0.717, 1.165) is 22.6 Å². The van der Waals surface area contributed by atoms with Gasteiger partial charge in [-0.05, 0) is 33.3 Å². The van der Waals surface area contributed by atoms with Gasteiger partial charge in [0.15, 0.2) is 0 Å². The third-order valence-corrected chi connectivity index (χ3v) is 2.75. The molecule has 0 fully saturated rings. The van der Waals surface area contributed by atoms with Gasteiger partial charge in [-0.3, -0.25) is 0 Å². The number of rotatable bonds is 1. The lowest BCUT2D eigenvalue weighted by molar-refractivity contribution is 0.502. The zero-order chi connectivity index (χ0) is 10.9. The van der Waals surface area contributed by atoms with Gasteiger partial charge in [-0.15, -0.1) is 0 Å². The molecule has 0 aliphatic rings. The quantitative estimate of drug-likeness (QED) is 0.662. The molecular formula is C11H12ClNO. The summed E-state index contributed by atoms with van der Waals surface area (Å²) in [5, 5.41) is 9.22. The molecule has 0 amide bonds. The molecule has 14 heavy (non-hydrogen) atoms. The van der Waals surface area contributed by atoms with Gasteiger partial charge in [-0.1, -0.05) is 11.6 Å². The molecule has 74 valence electrons. The molecule has 0 N–H and O–H groups in total. The average Bonchev–Trinajstić information content (AvgIpc) is 2.39. The van der Waals surface area contributed by atoms with Crippen LogP contribution in [0.1, 0.15) is 29.6 Å². The molecular weight excluding hydrogens is 198 g/mol. The highest BCUT2D eigenvalue weighted by atomic mass is 35.5. The van der Waals surface area contributed by atoms with E-state index >= 15 is 0 Å². The first-order valence-corrected chi connectivity index (χ1v) is 4.70. The third-order valence-electron chi connectivity index (χ3n) is 2.28. The van der Waals surface area contributed by atoms with Crippen molar-refractivity contribution >= 4 is 16.6 Å². The first kappa shape index (κ1) is 10.9. The summed E-state index contributed by atoms with van der Waals surface area (Å²) in [6.07, 6.45) is 0. The molecule has 0 radical (unpaired) electrons. The zero-order valence-electron chi connectivity index (χ0n) is 8.73. The number of nitrogens with zero attached hydrogens (tertiary/aromatic N) is 1. The van der Waals surface area contributed by atoms with Crippen LogP contribution in [0.25, 0.3) is 5.03 Å². The van der Waals surface area contributed by atoms with Gasteiger partial charge in [0.05, 0.1) is 11.1 Å². The molecule has 1 aromatic heterocycles. The molecule has 0 saturated heterocycles.